The van der Waals surface area contributed by atoms with Gasteiger partial charge in [-0.25, -0.2) is 4.99 Å². The normalized spacial score (nSPS) is 15.0. The third-order valence-corrected chi connectivity index (χ3v) is 5.13. The smallest absolute Gasteiger partial charge is 0.191 e. The summed E-state index contributed by atoms with van der Waals surface area (Å²) in [6, 6.07) is 16.4. The molecule has 1 aliphatic heterocycles. The van der Waals surface area contributed by atoms with E-state index in [1.807, 2.05) is 31.2 Å². The molecule has 3 rings (SSSR count). The molecular weight excluding hydrogens is 491 g/mol. The van der Waals surface area contributed by atoms with E-state index in [1.165, 1.54) is 11.1 Å². The quantitative estimate of drug-likeness (QED) is 0.282. The number of halogens is 1. The molecule has 0 fully saturated rings. The summed E-state index contributed by atoms with van der Waals surface area (Å²) in [6.07, 6.45) is 0.578. The van der Waals surface area contributed by atoms with Crippen molar-refractivity contribution in [2.75, 3.05) is 33.3 Å². The van der Waals surface area contributed by atoms with Crippen molar-refractivity contribution in [1.82, 2.24) is 15.5 Å². The van der Waals surface area contributed by atoms with Crippen molar-refractivity contribution in [2.45, 2.75) is 32.5 Å². The Bertz CT molecular complexity index is 815. The Morgan fingerprint density at radius 2 is 1.87 bits per heavy atom. The molecule has 164 valence electrons. The molecule has 0 saturated heterocycles. The number of nitrogens with one attached hydrogen (secondary N) is 2. The number of hydrogen-bond donors (Lipinski definition) is 3. The average Bonchev–Trinajstić information content (AvgIpc) is 2.75. The van der Waals surface area contributed by atoms with Gasteiger partial charge in [0, 0.05) is 38.3 Å². The third kappa shape index (κ3) is 7.14. The molecule has 1 heterocycles. The minimum atomic E-state index is -0.463. The maximum atomic E-state index is 10.5. The molecule has 1 unspecified atom stereocenters. The van der Waals surface area contributed by atoms with E-state index in [1.54, 1.807) is 7.11 Å². The number of β-amino-alcohol motifs (C(OH)–C–C–N with tert-alkyl or cyclic N) is 1. The number of nitrogens with zero attached hydrogens (tertiary/aromatic N) is 2. The summed E-state index contributed by atoms with van der Waals surface area (Å²) in [6.45, 7) is 6.28. The van der Waals surface area contributed by atoms with Crippen molar-refractivity contribution in [1.29, 1.82) is 0 Å². The van der Waals surface area contributed by atoms with E-state index >= 15 is 0 Å². The number of aliphatic hydroxyl groups excluding tert-OH is 1. The molecule has 1 atom stereocenters. The molecule has 2 aromatic carbocycles. The average molecular weight is 524 g/mol. The lowest BCUT2D eigenvalue weighted by molar-refractivity contribution is 0.108. The largest absolute Gasteiger partial charge is 0.496 e. The van der Waals surface area contributed by atoms with Crippen LogP contribution in [0.3, 0.4) is 0 Å². The van der Waals surface area contributed by atoms with Crippen LogP contribution in [0, 0.1) is 0 Å². The van der Waals surface area contributed by atoms with Gasteiger partial charge in [-0.15, -0.1) is 24.0 Å². The fraction of sp³-hybridized carbons (Fsp3) is 0.435. The van der Waals surface area contributed by atoms with Crippen molar-refractivity contribution in [3.05, 3.63) is 65.2 Å². The zero-order valence-electron chi connectivity index (χ0n) is 17.8. The van der Waals surface area contributed by atoms with Gasteiger partial charge in [-0.2, -0.15) is 0 Å². The minimum absolute atomic E-state index is 0. The number of ether oxygens (including phenoxy) is 1. The van der Waals surface area contributed by atoms with Gasteiger partial charge < -0.3 is 20.5 Å². The Labute approximate surface area is 196 Å². The molecule has 30 heavy (non-hydrogen) atoms. The van der Waals surface area contributed by atoms with Crippen LogP contribution in [0.2, 0.25) is 0 Å². The molecule has 0 amide bonds. The van der Waals surface area contributed by atoms with Crippen molar-refractivity contribution >= 4 is 29.9 Å². The van der Waals surface area contributed by atoms with Crippen molar-refractivity contribution in [2.24, 2.45) is 4.99 Å². The van der Waals surface area contributed by atoms with Crippen molar-refractivity contribution in [3.63, 3.8) is 0 Å². The summed E-state index contributed by atoms with van der Waals surface area (Å²) in [5.41, 5.74) is 3.82. The molecular formula is C23H33IN4O2. The van der Waals surface area contributed by atoms with E-state index in [9.17, 15) is 5.11 Å². The molecule has 0 aromatic heterocycles. The van der Waals surface area contributed by atoms with Crippen LogP contribution in [0.25, 0.3) is 0 Å². The van der Waals surface area contributed by atoms with E-state index < -0.39 is 6.10 Å². The molecule has 0 saturated carbocycles. The Balaban J connectivity index is 0.00000320. The van der Waals surface area contributed by atoms with Gasteiger partial charge in [0.25, 0.3) is 0 Å². The zero-order chi connectivity index (χ0) is 20.5. The van der Waals surface area contributed by atoms with Gasteiger partial charge in [-0.1, -0.05) is 42.5 Å². The number of aliphatic hydroxyl groups is 1. The summed E-state index contributed by atoms with van der Waals surface area (Å²) in [7, 11) is 1.67. The van der Waals surface area contributed by atoms with Gasteiger partial charge in [0.2, 0.25) is 0 Å². The Kier molecular flexibility index (Phi) is 10.4. The molecule has 0 bridgehead atoms. The van der Waals surface area contributed by atoms with Gasteiger partial charge in [-0.3, -0.25) is 4.90 Å². The van der Waals surface area contributed by atoms with Crippen LogP contribution in [0.15, 0.2) is 53.5 Å². The highest BCUT2D eigenvalue weighted by Gasteiger charge is 2.18. The second kappa shape index (κ2) is 12.8. The molecule has 2 aromatic rings. The van der Waals surface area contributed by atoms with Crippen LogP contribution in [-0.2, 0) is 19.5 Å². The van der Waals surface area contributed by atoms with Crippen LogP contribution in [0.4, 0.5) is 0 Å². The number of rotatable bonds is 8. The number of guanidine groups is 1. The molecule has 0 spiro atoms. The van der Waals surface area contributed by atoms with Crippen LogP contribution < -0.4 is 15.4 Å². The lowest BCUT2D eigenvalue weighted by Crippen LogP contribution is -2.45. The second-order valence-corrected chi connectivity index (χ2v) is 7.30. The van der Waals surface area contributed by atoms with Crippen molar-refractivity contribution in [3.8, 4) is 5.75 Å². The maximum Gasteiger partial charge on any atom is 0.191 e. The van der Waals surface area contributed by atoms with Gasteiger partial charge in [0.05, 0.1) is 19.8 Å². The molecule has 6 nitrogen and oxygen atoms in total. The lowest BCUT2D eigenvalue weighted by atomic mass is 10.00. The first-order chi connectivity index (χ1) is 14.2. The first kappa shape index (κ1) is 24.4. The van der Waals surface area contributed by atoms with Crippen molar-refractivity contribution < 1.29 is 9.84 Å². The SMILES string of the molecule is CCNC(=NCc1ccccc1OC)NCC(O)CN1CCc2ccccc2C1.I. The Morgan fingerprint density at radius 3 is 2.63 bits per heavy atom. The summed E-state index contributed by atoms with van der Waals surface area (Å²) >= 11 is 0. The maximum absolute atomic E-state index is 10.5. The number of benzene rings is 2. The first-order valence-electron chi connectivity index (χ1n) is 10.3. The molecule has 1 aliphatic rings. The van der Waals surface area contributed by atoms with E-state index in [0.29, 0.717) is 25.6 Å². The fourth-order valence-corrected chi connectivity index (χ4v) is 3.63. The highest BCUT2D eigenvalue weighted by Crippen LogP contribution is 2.19. The number of fused-ring (bicyclic) bond motifs is 1. The summed E-state index contributed by atoms with van der Waals surface area (Å²) in [5, 5.41) is 17.0. The topological polar surface area (TPSA) is 69.1 Å². The van der Waals surface area contributed by atoms with E-state index in [2.05, 4.69) is 44.8 Å². The van der Waals surface area contributed by atoms with Crippen LogP contribution >= 0.6 is 24.0 Å². The Morgan fingerprint density at radius 1 is 1.13 bits per heavy atom. The van der Waals surface area contributed by atoms with Crippen LogP contribution in [0.1, 0.15) is 23.6 Å². The lowest BCUT2D eigenvalue weighted by Gasteiger charge is -2.30. The Hall–Kier alpha value is -1.84. The number of aliphatic imine (C=N–C) groups is 1. The standard InChI is InChI=1S/C23H32N4O2.HI/c1-3-24-23(25-14-19-9-6-7-11-22(19)29-2)26-15-21(28)17-27-13-12-18-8-4-5-10-20(18)16-27;/h4-11,21,28H,3,12-17H2,1-2H3,(H2,24,25,26);1H. The van der Waals surface area contributed by atoms with Crippen LogP contribution in [-0.4, -0.2) is 55.4 Å². The van der Waals surface area contributed by atoms with E-state index in [0.717, 1.165) is 37.4 Å². The van der Waals surface area contributed by atoms with Gasteiger partial charge in [0.15, 0.2) is 5.96 Å². The van der Waals surface area contributed by atoms with Crippen LogP contribution in [0.5, 0.6) is 5.75 Å². The highest BCUT2D eigenvalue weighted by molar-refractivity contribution is 14.0. The second-order valence-electron chi connectivity index (χ2n) is 7.30. The van der Waals surface area contributed by atoms with Gasteiger partial charge in [-0.05, 0) is 30.5 Å². The van der Waals surface area contributed by atoms with Gasteiger partial charge >= 0.3 is 0 Å². The monoisotopic (exact) mass is 524 g/mol. The first-order valence-corrected chi connectivity index (χ1v) is 10.3. The molecule has 3 N–H and O–H groups in total. The predicted octanol–water partition coefficient (Wildman–Crippen LogP) is 2.79. The van der Waals surface area contributed by atoms with Gasteiger partial charge in [0.1, 0.15) is 5.75 Å². The zero-order valence-corrected chi connectivity index (χ0v) is 20.1. The summed E-state index contributed by atoms with van der Waals surface area (Å²) < 4.78 is 5.39. The number of para-hydroxylation sites is 1. The highest BCUT2D eigenvalue weighted by atomic mass is 127. The molecule has 0 radical (unpaired) electrons. The number of methoxy groups -OCH3 is 1. The third-order valence-electron chi connectivity index (χ3n) is 5.13. The predicted molar refractivity (Wildman–Crippen MR) is 133 cm³/mol. The summed E-state index contributed by atoms with van der Waals surface area (Å²) in [5.74, 6) is 1.53. The fourth-order valence-electron chi connectivity index (χ4n) is 3.63. The summed E-state index contributed by atoms with van der Waals surface area (Å²) in [4.78, 5) is 6.94. The number of hydrogen-bond acceptors (Lipinski definition) is 4. The minimum Gasteiger partial charge on any atom is -0.496 e. The molecule has 0 aliphatic carbocycles. The van der Waals surface area contributed by atoms with E-state index in [-0.39, 0.29) is 24.0 Å². The van der Waals surface area contributed by atoms with E-state index in [4.69, 9.17) is 4.74 Å². The molecule has 7 heteroatoms.